The van der Waals surface area contributed by atoms with E-state index in [1.165, 1.54) is 12.1 Å². The molecule has 3 heterocycles. The molecule has 0 spiro atoms. The summed E-state index contributed by atoms with van der Waals surface area (Å²) in [5.41, 5.74) is 2.69. The number of rotatable bonds is 1. The molecular formula is C16H15FN2O3. The van der Waals surface area contributed by atoms with Crippen LogP contribution in [-0.2, 0) is 14.3 Å². The van der Waals surface area contributed by atoms with Gasteiger partial charge in [0.05, 0.1) is 30.2 Å². The van der Waals surface area contributed by atoms with Crippen molar-refractivity contribution in [3.63, 3.8) is 0 Å². The van der Waals surface area contributed by atoms with Crippen molar-refractivity contribution in [1.29, 1.82) is 0 Å². The number of nitrogens with zero attached hydrogens (tertiary/aromatic N) is 1. The van der Waals surface area contributed by atoms with Crippen LogP contribution < -0.4 is 5.32 Å². The molecule has 1 amide bonds. The molecular weight excluding hydrogens is 287 g/mol. The van der Waals surface area contributed by atoms with E-state index in [1.807, 2.05) is 6.08 Å². The fourth-order valence-electron chi connectivity index (χ4n) is 2.95. The fraction of sp³-hybridized carbons (Fsp3) is 0.312. The van der Waals surface area contributed by atoms with Gasteiger partial charge in [0.15, 0.2) is 0 Å². The molecule has 1 N–H and O–H groups in total. The van der Waals surface area contributed by atoms with E-state index in [4.69, 9.17) is 9.47 Å². The van der Waals surface area contributed by atoms with Crippen LogP contribution in [0, 0.1) is 5.82 Å². The Kier molecular flexibility index (Phi) is 3.11. The maximum atomic E-state index is 13.3. The minimum absolute atomic E-state index is 0.255. The summed E-state index contributed by atoms with van der Waals surface area (Å²) in [4.78, 5) is 14.4. The van der Waals surface area contributed by atoms with Crippen molar-refractivity contribution < 1.29 is 18.7 Å². The Morgan fingerprint density at radius 1 is 1.23 bits per heavy atom. The molecule has 0 saturated carbocycles. The van der Waals surface area contributed by atoms with Gasteiger partial charge in [0.2, 0.25) is 0 Å². The molecule has 1 aromatic rings. The predicted octanol–water partition coefficient (Wildman–Crippen LogP) is 1.74. The lowest BCUT2D eigenvalue weighted by Gasteiger charge is -2.28. The molecule has 6 heteroatoms. The number of carbonyl (C=O) groups is 1. The van der Waals surface area contributed by atoms with Crippen LogP contribution >= 0.6 is 0 Å². The molecule has 3 aliphatic heterocycles. The summed E-state index contributed by atoms with van der Waals surface area (Å²) in [7, 11) is 0. The predicted molar refractivity (Wildman–Crippen MR) is 78.4 cm³/mol. The van der Waals surface area contributed by atoms with Crippen LogP contribution in [0.2, 0.25) is 0 Å². The average Bonchev–Trinajstić information content (AvgIpc) is 3.11. The number of halogens is 1. The molecule has 0 unspecified atom stereocenters. The second-order valence-electron chi connectivity index (χ2n) is 5.41. The number of hydrogen-bond acceptors (Lipinski definition) is 4. The number of amides is 1. The lowest BCUT2D eigenvalue weighted by atomic mass is 10.1. The minimum Gasteiger partial charge on any atom is -0.486 e. The Morgan fingerprint density at radius 3 is 2.86 bits per heavy atom. The van der Waals surface area contributed by atoms with Gasteiger partial charge in [-0.2, -0.15) is 0 Å². The van der Waals surface area contributed by atoms with E-state index in [2.05, 4.69) is 10.2 Å². The minimum atomic E-state index is -0.373. The number of allylic oxidation sites excluding steroid dienone is 1. The number of fused-ring (bicyclic) bond motifs is 1. The molecule has 1 saturated heterocycles. The van der Waals surface area contributed by atoms with Crippen LogP contribution in [0.3, 0.4) is 0 Å². The smallest absolute Gasteiger partial charge is 0.260 e. The monoisotopic (exact) mass is 302 g/mol. The first kappa shape index (κ1) is 13.3. The molecule has 0 aliphatic carbocycles. The summed E-state index contributed by atoms with van der Waals surface area (Å²) >= 11 is 0. The largest absolute Gasteiger partial charge is 0.486 e. The number of morpholine rings is 1. The van der Waals surface area contributed by atoms with Gasteiger partial charge in [0, 0.05) is 24.7 Å². The Balaban J connectivity index is 1.70. The SMILES string of the molecule is O=C1Nc2cc(F)ccc2/C1=C1/C=C(N2CCOCC2)CO1. The fourth-order valence-corrected chi connectivity index (χ4v) is 2.95. The second-order valence-corrected chi connectivity index (χ2v) is 5.41. The summed E-state index contributed by atoms with van der Waals surface area (Å²) in [5, 5.41) is 2.68. The molecule has 0 radical (unpaired) electrons. The molecule has 5 nitrogen and oxygen atoms in total. The van der Waals surface area contributed by atoms with Gasteiger partial charge in [-0.05, 0) is 18.2 Å². The third-order valence-corrected chi connectivity index (χ3v) is 4.06. The number of ether oxygens (including phenoxy) is 2. The zero-order valence-electron chi connectivity index (χ0n) is 11.9. The first-order valence-electron chi connectivity index (χ1n) is 7.24. The molecule has 22 heavy (non-hydrogen) atoms. The summed E-state index contributed by atoms with van der Waals surface area (Å²) < 4.78 is 24.3. The van der Waals surface area contributed by atoms with E-state index in [1.54, 1.807) is 6.07 Å². The summed E-state index contributed by atoms with van der Waals surface area (Å²) in [5.74, 6) is -0.0818. The van der Waals surface area contributed by atoms with Gasteiger partial charge in [-0.1, -0.05) is 0 Å². The van der Waals surface area contributed by atoms with Crippen molar-refractivity contribution in [3.8, 4) is 0 Å². The maximum Gasteiger partial charge on any atom is 0.260 e. The van der Waals surface area contributed by atoms with Crippen LogP contribution in [0.25, 0.3) is 5.57 Å². The van der Waals surface area contributed by atoms with Gasteiger partial charge < -0.3 is 19.7 Å². The highest BCUT2D eigenvalue weighted by Crippen LogP contribution is 2.37. The van der Waals surface area contributed by atoms with Gasteiger partial charge in [-0.3, -0.25) is 4.79 Å². The van der Waals surface area contributed by atoms with Crippen LogP contribution in [0.1, 0.15) is 5.56 Å². The topological polar surface area (TPSA) is 50.8 Å². The van der Waals surface area contributed by atoms with Gasteiger partial charge in [0.1, 0.15) is 18.2 Å². The van der Waals surface area contributed by atoms with E-state index in [0.717, 1.165) is 18.8 Å². The van der Waals surface area contributed by atoms with Crippen LogP contribution in [0.5, 0.6) is 0 Å². The second kappa shape index (κ2) is 5.14. The molecule has 1 aromatic carbocycles. The Bertz CT molecular complexity index is 705. The average molecular weight is 302 g/mol. The molecule has 0 aromatic heterocycles. The molecule has 4 rings (SSSR count). The molecule has 114 valence electrons. The summed E-state index contributed by atoms with van der Waals surface area (Å²) in [6.07, 6.45) is 1.90. The van der Waals surface area contributed by atoms with Crippen molar-refractivity contribution >= 4 is 17.2 Å². The van der Waals surface area contributed by atoms with Crippen molar-refractivity contribution in [3.05, 3.63) is 47.1 Å². The van der Waals surface area contributed by atoms with Crippen molar-refractivity contribution in [1.82, 2.24) is 4.90 Å². The zero-order chi connectivity index (χ0) is 15.1. The van der Waals surface area contributed by atoms with E-state index >= 15 is 0 Å². The molecule has 1 fully saturated rings. The van der Waals surface area contributed by atoms with Gasteiger partial charge in [0.25, 0.3) is 5.91 Å². The first-order chi connectivity index (χ1) is 10.7. The summed E-state index contributed by atoms with van der Waals surface area (Å²) in [6.45, 7) is 3.50. The van der Waals surface area contributed by atoms with Gasteiger partial charge in [-0.15, -0.1) is 0 Å². The van der Waals surface area contributed by atoms with E-state index in [-0.39, 0.29) is 11.7 Å². The molecule has 0 atom stereocenters. The quantitative estimate of drug-likeness (QED) is 0.803. The number of nitrogens with one attached hydrogen (secondary N) is 1. The number of benzene rings is 1. The van der Waals surface area contributed by atoms with Crippen molar-refractivity contribution in [2.75, 3.05) is 38.2 Å². The normalized spacial score (nSPS) is 24.0. The van der Waals surface area contributed by atoms with Gasteiger partial charge in [-0.25, -0.2) is 4.39 Å². The first-order valence-corrected chi connectivity index (χ1v) is 7.24. The highest BCUT2D eigenvalue weighted by molar-refractivity contribution is 6.32. The Labute approximate surface area is 127 Å². The molecule has 0 bridgehead atoms. The molecule has 3 aliphatic rings. The lowest BCUT2D eigenvalue weighted by molar-refractivity contribution is -0.110. The van der Waals surface area contributed by atoms with Crippen LogP contribution in [0.15, 0.2) is 35.7 Å². The Morgan fingerprint density at radius 2 is 2.05 bits per heavy atom. The third kappa shape index (κ3) is 2.16. The van der Waals surface area contributed by atoms with E-state index in [9.17, 15) is 9.18 Å². The van der Waals surface area contributed by atoms with E-state index in [0.29, 0.717) is 42.4 Å². The van der Waals surface area contributed by atoms with Crippen molar-refractivity contribution in [2.24, 2.45) is 0 Å². The lowest BCUT2D eigenvalue weighted by Crippen LogP contribution is -2.36. The third-order valence-electron chi connectivity index (χ3n) is 4.06. The maximum absolute atomic E-state index is 13.3. The highest BCUT2D eigenvalue weighted by Gasteiger charge is 2.31. The zero-order valence-corrected chi connectivity index (χ0v) is 11.9. The number of anilines is 1. The van der Waals surface area contributed by atoms with E-state index < -0.39 is 0 Å². The van der Waals surface area contributed by atoms with Gasteiger partial charge >= 0.3 is 0 Å². The highest BCUT2D eigenvalue weighted by atomic mass is 19.1. The van der Waals surface area contributed by atoms with Crippen molar-refractivity contribution in [2.45, 2.75) is 0 Å². The standard InChI is InChI=1S/C16H15FN2O3/c17-10-1-2-12-13(7-10)18-16(20)15(12)14-8-11(9-22-14)19-3-5-21-6-4-19/h1-2,7-8H,3-6,9H2,(H,18,20)/b15-14+. The van der Waals surface area contributed by atoms with Crippen LogP contribution in [-0.4, -0.2) is 43.7 Å². The number of carbonyl (C=O) groups excluding carboxylic acids is 1. The number of hydrogen-bond donors (Lipinski definition) is 1. The van der Waals surface area contributed by atoms with Crippen LogP contribution in [0.4, 0.5) is 10.1 Å². The summed E-state index contributed by atoms with van der Waals surface area (Å²) in [6, 6.07) is 4.28. The Hall–Kier alpha value is -2.34.